The van der Waals surface area contributed by atoms with Crippen molar-refractivity contribution in [1.29, 1.82) is 0 Å². The van der Waals surface area contributed by atoms with Gasteiger partial charge in [-0.1, -0.05) is 12.1 Å². The van der Waals surface area contributed by atoms with Gasteiger partial charge in [-0.25, -0.2) is 9.97 Å². The molecule has 36 heavy (non-hydrogen) atoms. The number of carboxylic acids is 1. The quantitative estimate of drug-likeness (QED) is 0.556. The van der Waals surface area contributed by atoms with Gasteiger partial charge >= 0.3 is 5.97 Å². The van der Waals surface area contributed by atoms with Gasteiger partial charge in [0.05, 0.1) is 19.6 Å². The molecular formula is C29H38N4O3. The highest BCUT2D eigenvalue weighted by molar-refractivity contribution is 5.68. The molecule has 2 aliphatic carbocycles. The molecule has 3 fully saturated rings. The molecule has 2 aromatic rings. The van der Waals surface area contributed by atoms with Gasteiger partial charge in [-0.15, -0.1) is 0 Å². The average Bonchev–Trinajstić information content (AvgIpc) is 2.86. The first-order valence-electron chi connectivity index (χ1n) is 13.8. The van der Waals surface area contributed by atoms with Crippen LogP contribution in [0.15, 0.2) is 30.5 Å². The van der Waals surface area contributed by atoms with Crippen LogP contribution in [-0.4, -0.2) is 53.9 Å². The second kappa shape index (κ2) is 10.0. The lowest BCUT2D eigenvalue weighted by Gasteiger charge is -2.60. The van der Waals surface area contributed by atoms with E-state index in [0.29, 0.717) is 11.3 Å². The Morgan fingerprint density at radius 3 is 2.75 bits per heavy atom. The first-order valence-corrected chi connectivity index (χ1v) is 13.8. The minimum atomic E-state index is -0.711. The molecule has 2 aromatic heterocycles. The summed E-state index contributed by atoms with van der Waals surface area (Å²) in [6.07, 6.45) is 11.6. The fourth-order valence-electron chi connectivity index (χ4n) is 7.24. The molecule has 0 bridgehead atoms. The number of hydrogen-bond donors (Lipinski definition) is 2. The predicted octanol–water partition coefficient (Wildman–Crippen LogP) is 4.67. The molecule has 7 heteroatoms. The lowest BCUT2D eigenvalue weighted by Crippen LogP contribution is -2.49. The van der Waals surface area contributed by atoms with E-state index in [2.05, 4.69) is 34.5 Å². The van der Waals surface area contributed by atoms with Crippen molar-refractivity contribution in [3.05, 3.63) is 47.3 Å². The zero-order valence-electron chi connectivity index (χ0n) is 21.1. The van der Waals surface area contributed by atoms with Crippen molar-refractivity contribution in [2.75, 3.05) is 43.1 Å². The largest absolute Gasteiger partial charge is 0.481 e. The van der Waals surface area contributed by atoms with Crippen molar-refractivity contribution < 1.29 is 14.6 Å². The van der Waals surface area contributed by atoms with Gasteiger partial charge in [0.1, 0.15) is 11.6 Å². The van der Waals surface area contributed by atoms with Gasteiger partial charge in [0.2, 0.25) is 0 Å². The maximum atomic E-state index is 11.7. The van der Waals surface area contributed by atoms with Crippen molar-refractivity contribution in [1.82, 2.24) is 9.97 Å². The maximum Gasteiger partial charge on any atom is 0.303 e. The normalized spacial score (nSPS) is 27.9. The lowest BCUT2D eigenvalue weighted by molar-refractivity contribution is -0.139. The topological polar surface area (TPSA) is 87.6 Å². The molecule has 2 aliphatic heterocycles. The second-order valence-electron chi connectivity index (χ2n) is 11.6. The van der Waals surface area contributed by atoms with E-state index >= 15 is 0 Å². The van der Waals surface area contributed by atoms with E-state index in [4.69, 9.17) is 14.7 Å². The van der Waals surface area contributed by atoms with Crippen molar-refractivity contribution in [3.63, 3.8) is 0 Å². The highest BCUT2D eigenvalue weighted by atomic mass is 16.5. The van der Waals surface area contributed by atoms with Gasteiger partial charge in [-0.05, 0) is 97.8 Å². The van der Waals surface area contributed by atoms with Crippen LogP contribution in [0.3, 0.4) is 0 Å². The van der Waals surface area contributed by atoms with E-state index in [1.165, 1.54) is 36.9 Å². The Morgan fingerprint density at radius 2 is 2.00 bits per heavy atom. The van der Waals surface area contributed by atoms with Crippen LogP contribution in [-0.2, 0) is 22.4 Å². The molecule has 1 saturated heterocycles. The Hall–Kier alpha value is -2.67. The van der Waals surface area contributed by atoms with E-state index in [0.717, 1.165) is 81.6 Å². The number of ether oxygens (including phenoxy) is 1. The summed E-state index contributed by atoms with van der Waals surface area (Å²) < 4.78 is 5.44. The van der Waals surface area contributed by atoms with Crippen LogP contribution in [0.1, 0.15) is 67.7 Å². The van der Waals surface area contributed by atoms with Gasteiger partial charge in [0.15, 0.2) is 0 Å². The number of aromatic nitrogens is 2. The van der Waals surface area contributed by atoms with E-state index in [1.807, 2.05) is 6.20 Å². The molecule has 192 valence electrons. The Kier molecular flexibility index (Phi) is 6.59. The van der Waals surface area contributed by atoms with Crippen molar-refractivity contribution >= 4 is 17.6 Å². The number of fused-ring (bicyclic) bond motifs is 1. The monoisotopic (exact) mass is 490 g/mol. The lowest BCUT2D eigenvalue weighted by atomic mass is 9.45. The van der Waals surface area contributed by atoms with Gasteiger partial charge in [-0.2, -0.15) is 0 Å². The van der Waals surface area contributed by atoms with E-state index < -0.39 is 5.97 Å². The molecular weight excluding hydrogens is 452 g/mol. The summed E-state index contributed by atoms with van der Waals surface area (Å²) in [7, 11) is 0. The molecule has 1 spiro atoms. The minimum Gasteiger partial charge on any atom is -0.481 e. The van der Waals surface area contributed by atoms with Crippen LogP contribution in [0.5, 0.6) is 0 Å². The summed E-state index contributed by atoms with van der Waals surface area (Å²) in [5.41, 5.74) is 4.11. The molecule has 7 nitrogen and oxygen atoms in total. The van der Waals surface area contributed by atoms with Crippen LogP contribution in [0.2, 0.25) is 0 Å². The number of aryl methyl sites for hydroxylation is 2. The fraction of sp³-hybridized carbons (Fsp3) is 0.621. The molecule has 2 N–H and O–H groups in total. The van der Waals surface area contributed by atoms with E-state index in [9.17, 15) is 9.90 Å². The summed E-state index contributed by atoms with van der Waals surface area (Å²) in [6.45, 7) is 4.22. The first kappa shape index (κ1) is 23.7. The Morgan fingerprint density at radius 1 is 1.17 bits per heavy atom. The van der Waals surface area contributed by atoms with Crippen LogP contribution in [0.25, 0.3) is 0 Å². The third-order valence-electron chi connectivity index (χ3n) is 9.09. The van der Waals surface area contributed by atoms with Crippen LogP contribution in [0, 0.1) is 17.3 Å². The van der Waals surface area contributed by atoms with Gasteiger partial charge in [0, 0.05) is 31.5 Å². The average molecular weight is 491 g/mol. The number of nitrogens with zero attached hydrogens (tertiary/aromatic N) is 3. The third-order valence-corrected chi connectivity index (χ3v) is 9.09. The summed E-state index contributed by atoms with van der Waals surface area (Å²) in [5.74, 6) is 2.65. The standard InChI is InChI=1S/C29H38N4O3/c34-27(35)14-25(22-5-8-26(31-19-22)33-10-12-36-13-11-33)23-17-29(18-23)15-20(16-29)3-6-24-7-4-21-2-1-9-30-28(21)32-24/h4-5,7-8,19-20,23,25H,1-3,6,9-18H2,(H,30,32)(H,34,35). The first-order chi connectivity index (χ1) is 17.6. The number of anilines is 2. The number of carboxylic acid groups (broad SMARTS) is 1. The number of carbonyl (C=O) groups is 1. The van der Waals surface area contributed by atoms with Crippen molar-refractivity contribution in [2.24, 2.45) is 17.3 Å². The summed E-state index contributed by atoms with van der Waals surface area (Å²) in [6, 6.07) is 8.65. The van der Waals surface area contributed by atoms with E-state index in [-0.39, 0.29) is 12.3 Å². The molecule has 4 aliphatic rings. The number of aliphatic carboxylic acids is 1. The number of nitrogens with one attached hydrogen (secondary N) is 1. The van der Waals surface area contributed by atoms with Crippen molar-refractivity contribution in [3.8, 4) is 0 Å². The maximum absolute atomic E-state index is 11.7. The molecule has 0 amide bonds. The van der Waals surface area contributed by atoms with Crippen LogP contribution >= 0.6 is 0 Å². The molecule has 0 radical (unpaired) electrons. The van der Waals surface area contributed by atoms with Crippen molar-refractivity contribution in [2.45, 2.75) is 63.7 Å². The number of rotatable bonds is 8. The molecule has 4 heterocycles. The van der Waals surface area contributed by atoms with Crippen LogP contribution < -0.4 is 10.2 Å². The summed E-state index contributed by atoms with van der Waals surface area (Å²) in [4.78, 5) is 23.5. The molecule has 2 saturated carbocycles. The van der Waals surface area contributed by atoms with Gasteiger partial charge < -0.3 is 20.1 Å². The zero-order chi connectivity index (χ0) is 24.5. The SMILES string of the molecule is O=C(O)CC(c1ccc(N2CCOCC2)nc1)C1CC2(CC(CCc3ccc4c(n3)NCCC4)C2)C1. The minimum absolute atomic E-state index is 0.0607. The summed E-state index contributed by atoms with van der Waals surface area (Å²) >= 11 is 0. The van der Waals surface area contributed by atoms with Gasteiger partial charge in [-0.3, -0.25) is 4.79 Å². The highest BCUT2D eigenvalue weighted by Gasteiger charge is 2.54. The fourth-order valence-corrected chi connectivity index (χ4v) is 7.24. The molecule has 1 unspecified atom stereocenters. The van der Waals surface area contributed by atoms with E-state index in [1.54, 1.807) is 0 Å². The Balaban J connectivity index is 1.01. The molecule has 1 atom stereocenters. The molecule has 0 aromatic carbocycles. The number of pyridine rings is 2. The second-order valence-corrected chi connectivity index (χ2v) is 11.6. The van der Waals surface area contributed by atoms with Crippen LogP contribution in [0.4, 0.5) is 11.6 Å². The summed E-state index contributed by atoms with van der Waals surface area (Å²) in [5, 5.41) is 13.1. The number of hydrogen-bond acceptors (Lipinski definition) is 6. The smallest absolute Gasteiger partial charge is 0.303 e. The predicted molar refractivity (Wildman–Crippen MR) is 140 cm³/mol. The Bertz CT molecular complexity index is 1070. The molecule has 6 rings (SSSR count). The Labute approximate surface area is 213 Å². The number of morpholine rings is 1. The third kappa shape index (κ3) is 4.95. The zero-order valence-corrected chi connectivity index (χ0v) is 21.1. The van der Waals surface area contributed by atoms with Gasteiger partial charge in [0.25, 0.3) is 0 Å². The highest BCUT2D eigenvalue weighted by Crippen LogP contribution is 2.65.